The van der Waals surface area contributed by atoms with Crippen molar-refractivity contribution in [3.05, 3.63) is 53.2 Å². The first kappa shape index (κ1) is 20.8. The quantitative estimate of drug-likeness (QED) is 0.590. The normalized spacial score (nSPS) is 28.4. The van der Waals surface area contributed by atoms with Crippen molar-refractivity contribution in [3.8, 4) is 0 Å². The molecule has 0 unspecified atom stereocenters. The molecule has 6 rings (SSSR count). The van der Waals surface area contributed by atoms with Crippen LogP contribution >= 0.6 is 23.4 Å². The maximum atomic E-state index is 12.9. The average Bonchev–Trinajstić information content (AvgIpc) is 2.73. The zero-order chi connectivity index (χ0) is 21.4. The second-order valence-corrected chi connectivity index (χ2v) is 10.8. The molecule has 4 fully saturated rings. The first-order chi connectivity index (χ1) is 15.0. The van der Waals surface area contributed by atoms with Crippen LogP contribution in [-0.2, 0) is 4.79 Å². The molecule has 0 saturated heterocycles. The Labute approximate surface area is 191 Å². The lowest BCUT2D eigenvalue weighted by atomic mass is 9.53. The summed E-state index contributed by atoms with van der Waals surface area (Å²) in [4.78, 5) is 30.5. The lowest BCUT2D eigenvalue weighted by molar-refractivity contribution is -0.124. The Balaban J connectivity index is 1.21. The van der Waals surface area contributed by atoms with Gasteiger partial charge in [0.05, 0.1) is 16.3 Å². The topological polar surface area (TPSA) is 71.1 Å². The van der Waals surface area contributed by atoms with Gasteiger partial charge in [-0.25, -0.2) is 4.98 Å². The molecule has 4 aliphatic carbocycles. The number of hydrogen-bond acceptors (Lipinski definition) is 4. The third kappa shape index (κ3) is 4.60. The SMILES string of the molecule is O=C(CSc1ccccc1C(=O)Nc1ccc(Cl)cn1)NC12CC3CC(CC(C3)C1)C2. The Morgan fingerprint density at radius 1 is 1.03 bits per heavy atom. The van der Waals surface area contributed by atoms with E-state index in [1.165, 1.54) is 37.2 Å². The highest BCUT2D eigenvalue weighted by Gasteiger charge is 2.51. The molecule has 0 radical (unpaired) electrons. The molecule has 1 heterocycles. The molecule has 31 heavy (non-hydrogen) atoms. The van der Waals surface area contributed by atoms with E-state index in [2.05, 4.69) is 15.6 Å². The summed E-state index contributed by atoms with van der Waals surface area (Å²) in [5, 5.41) is 6.71. The van der Waals surface area contributed by atoms with E-state index in [1.54, 1.807) is 18.2 Å². The van der Waals surface area contributed by atoms with E-state index >= 15 is 0 Å². The van der Waals surface area contributed by atoms with Gasteiger partial charge in [0.25, 0.3) is 5.91 Å². The molecule has 2 aromatic rings. The largest absolute Gasteiger partial charge is 0.350 e. The fraction of sp³-hybridized carbons (Fsp3) is 0.458. The van der Waals surface area contributed by atoms with Gasteiger partial charge in [-0.2, -0.15) is 0 Å². The van der Waals surface area contributed by atoms with E-state index in [4.69, 9.17) is 11.6 Å². The summed E-state index contributed by atoms with van der Waals surface area (Å²) >= 11 is 7.27. The van der Waals surface area contributed by atoms with Crippen LogP contribution < -0.4 is 10.6 Å². The van der Waals surface area contributed by atoms with Gasteiger partial charge in [-0.3, -0.25) is 9.59 Å². The third-order valence-corrected chi connectivity index (χ3v) is 8.20. The van der Waals surface area contributed by atoms with Gasteiger partial charge in [0.1, 0.15) is 5.82 Å². The van der Waals surface area contributed by atoms with Gasteiger partial charge >= 0.3 is 0 Å². The minimum atomic E-state index is -0.251. The number of pyridine rings is 1. The van der Waals surface area contributed by atoms with Crippen molar-refractivity contribution in [1.29, 1.82) is 0 Å². The van der Waals surface area contributed by atoms with Gasteiger partial charge < -0.3 is 10.6 Å². The molecule has 162 valence electrons. The summed E-state index contributed by atoms with van der Waals surface area (Å²) < 4.78 is 0. The number of thioether (sulfide) groups is 1. The Kier molecular flexibility index (Phi) is 5.69. The van der Waals surface area contributed by atoms with E-state index < -0.39 is 0 Å². The van der Waals surface area contributed by atoms with Crippen LogP contribution in [0, 0.1) is 17.8 Å². The second kappa shape index (κ2) is 8.47. The number of rotatable bonds is 6. The molecular weight excluding hydrogens is 430 g/mol. The van der Waals surface area contributed by atoms with Gasteiger partial charge in [0, 0.05) is 16.6 Å². The number of aromatic nitrogens is 1. The molecule has 7 heteroatoms. The number of amides is 2. The predicted octanol–water partition coefficient (Wildman–Crippen LogP) is 5.16. The number of carbonyl (C=O) groups is 2. The first-order valence-electron chi connectivity index (χ1n) is 10.9. The van der Waals surface area contributed by atoms with Crippen LogP contribution in [0.3, 0.4) is 0 Å². The van der Waals surface area contributed by atoms with Crippen LogP contribution in [0.4, 0.5) is 5.82 Å². The molecule has 1 aromatic heterocycles. The van der Waals surface area contributed by atoms with Crippen LogP contribution in [0.1, 0.15) is 48.9 Å². The number of halogens is 1. The maximum Gasteiger partial charge on any atom is 0.257 e. The van der Waals surface area contributed by atoms with Gasteiger partial charge in [0.2, 0.25) is 5.91 Å². The molecular formula is C24H26ClN3O2S. The molecule has 0 aliphatic heterocycles. The van der Waals surface area contributed by atoms with Crippen LogP contribution in [0.2, 0.25) is 5.02 Å². The van der Waals surface area contributed by atoms with Gasteiger partial charge in [-0.1, -0.05) is 23.7 Å². The first-order valence-corrected chi connectivity index (χ1v) is 12.3. The van der Waals surface area contributed by atoms with Crippen molar-refractivity contribution >= 4 is 41.0 Å². The van der Waals surface area contributed by atoms with E-state index in [0.717, 1.165) is 41.9 Å². The van der Waals surface area contributed by atoms with E-state index in [9.17, 15) is 9.59 Å². The summed E-state index contributed by atoms with van der Waals surface area (Å²) in [6.45, 7) is 0. The molecule has 4 saturated carbocycles. The summed E-state index contributed by atoms with van der Waals surface area (Å²) in [6.07, 6.45) is 8.98. The number of nitrogens with one attached hydrogen (secondary N) is 2. The van der Waals surface area contributed by atoms with Crippen molar-refractivity contribution in [2.75, 3.05) is 11.1 Å². The highest BCUT2D eigenvalue weighted by atomic mass is 35.5. The molecule has 2 N–H and O–H groups in total. The van der Waals surface area contributed by atoms with Crippen molar-refractivity contribution in [3.63, 3.8) is 0 Å². The Morgan fingerprint density at radius 2 is 1.71 bits per heavy atom. The number of benzene rings is 1. The molecule has 5 nitrogen and oxygen atoms in total. The summed E-state index contributed by atoms with van der Waals surface area (Å²) in [5.41, 5.74) is 0.552. The molecule has 2 amide bonds. The van der Waals surface area contributed by atoms with E-state index in [-0.39, 0.29) is 17.4 Å². The van der Waals surface area contributed by atoms with Crippen molar-refractivity contribution in [2.24, 2.45) is 17.8 Å². The van der Waals surface area contributed by atoms with Crippen LogP contribution in [0.5, 0.6) is 0 Å². The zero-order valence-corrected chi connectivity index (χ0v) is 18.8. The Bertz CT molecular complexity index is 959. The lowest BCUT2D eigenvalue weighted by Gasteiger charge is -2.56. The molecule has 1 aromatic carbocycles. The van der Waals surface area contributed by atoms with Gasteiger partial charge in [0.15, 0.2) is 0 Å². The van der Waals surface area contributed by atoms with E-state index in [1.807, 2.05) is 18.2 Å². The number of nitrogens with zero attached hydrogens (tertiary/aromatic N) is 1. The van der Waals surface area contributed by atoms with Crippen LogP contribution in [-0.4, -0.2) is 28.1 Å². The molecule has 4 aliphatic rings. The van der Waals surface area contributed by atoms with Crippen molar-refractivity contribution < 1.29 is 9.59 Å². The highest BCUT2D eigenvalue weighted by Crippen LogP contribution is 2.55. The molecule has 4 bridgehead atoms. The minimum Gasteiger partial charge on any atom is -0.350 e. The van der Waals surface area contributed by atoms with Gasteiger partial charge in [-0.05, 0) is 80.5 Å². The average molecular weight is 456 g/mol. The number of hydrogen-bond donors (Lipinski definition) is 2. The highest BCUT2D eigenvalue weighted by molar-refractivity contribution is 8.00. The fourth-order valence-electron chi connectivity index (χ4n) is 6.15. The number of anilines is 1. The smallest absolute Gasteiger partial charge is 0.257 e. The van der Waals surface area contributed by atoms with Crippen LogP contribution in [0.15, 0.2) is 47.5 Å². The molecule has 0 spiro atoms. The third-order valence-electron chi connectivity index (χ3n) is 6.90. The monoisotopic (exact) mass is 455 g/mol. The van der Waals surface area contributed by atoms with Crippen molar-refractivity contribution in [2.45, 2.75) is 49.0 Å². The summed E-state index contributed by atoms with van der Waals surface area (Å²) in [6, 6.07) is 10.7. The Morgan fingerprint density at radius 3 is 2.35 bits per heavy atom. The second-order valence-electron chi connectivity index (χ2n) is 9.35. The predicted molar refractivity (Wildman–Crippen MR) is 123 cm³/mol. The lowest BCUT2D eigenvalue weighted by Crippen LogP contribution is -2.60. The van der Waals surface area contributed by atoms with Crippen molar-refractivity contribution in [1.82, 2.24) is 10.3 Å². The fourth-order valence-corrected chi connectivity index (χ4v) is 7.11. The molecule has 0 atom stereocenters. The van der Waals surface area contributed by atoms with Gasteiger partial charge in [-0.15, -0.1) is 11.8 Å². The summed E-state index contributed by atoms with van der Waals surface area (Å²) in [5.74, 6) is 2.96. The summed E-state index contributed by atoms with van der Waals surface area (Å²) in [7, 11) is 0. The van der Waals surface area contributed by atoms with E-state index in [0.29, 0.717) is 22.2 Å². The Hall–Kier alpha value is -2.05. The van der Waals surface area contributed by atoms with Crippen LogP contribution in [0.25, 0.3) is 0 Å². The zero-order valence-electron chi connectivity index (χ0n) is 17.3. The number of carbonyl (C=O) groups excluding carboxylic acids is 2. The minimum absolute atomic E-state index is 0.0174. The standard InChI is InChI=1S/C24H26ClN3O2S/c25-18-5-6-21(26-13-18)27-23(30)19-3-1-2-4-20(19)31-14-22(29)28-24-10-15-7-16(11-24)9-17(8-15)12-24/h1-6,13,15-17H,7-12,14H2,(H,28,29)(H,26,27,30). The maximum absolute atomic E-state index is 12.9.